The van der Waals surface area contributed by atoms with Gasteiger partial charge >= 0.3 is 0 Å². The van der Waals surface area contributed by atoms with Gasteiger partial charge < -0.3 is 5.32 Å². The first-order chi connectivity index (χ1) is 7.68. The lowest BCUT2D eigenvalue weighted by atomic mass is 10.2. The molecule has 0 spiro atoms. The van der Waals surface area contributed by atoms with Gasteiger partial charge in [0, 0.05) is 28.7 Å². The molecule has 0 saturated heterocycles. The Hall–Kier alpha value is -1.13. The van der Waals surface area contributed by atoms with Gasteiger partial charge in [-0.2, -0.15) is 5.10 Å². The summed E-state index contributed by atoms with van der Waals surface area (Å²) in [4.78, 5) is 1.37. The van der Waals surface area contributed by atoms with Crippen LogP contribution in [0, 0.1) is 13.8 Å². The standard InChI is InChI=1S/C12H17N3S/c1-8-11(9(2)15-14-8)7-13-10(3)12-5-4-6-16-12/h4-6,10,13H,7H2,1-3H3,(H,14,15)/t10-/m0/s1. The maximum absolute atomic E-state index is 4.19. The Morgan fingerprint density at radius 2 is 2.31 bits per heavy atom. The highest BCUT2D eigenvalue weighted by Crippen LogP contribution is 2.19. The average Bonchev–Trinajstić information content (AvgIpc) is 2.87. The number of hydrogen-bond acceptors (Lipinski definition) is 3. The third-order valence-electron chi connectivity index (χ3n) is 2.84. The van der Waals surface area contributed by atoms with Gasteiger partial charge in [-0.25, -0.2) is 0 Å². The van der Waals surface area contributed by atoms with Crippen LogP contribution in [0.1, 0.15) is 34.8 Å². The van der Waals surface area contributed by atoms with Crippen LogP contribution in [-0.4, -0.2) is 10.2 Å². The smallest absolute Gasteiger partial charge is 0.0638 e. The van der Waals surface area contributed by atoms with Crippen molar-refractivity contribution < 1.29 is 0 Å². The number of aromatic amines is 1. The lowest BCUT2D eigenvalue weighted by molar-refractivity contribution is 0.580. The molecule has 2 rings (SSSR count). The SMILES string of the molecule is Cc1n[nH]c(C)c1CN[C@@H](C)c1cccs1. The number of rotatable bonds is 4. The predicted molar refractivity (Wildman–Crippen MR) is 67.6 cm³/mol. The molecule has 0 aliphatic carbocycles. The van der Waals surface area contributed by atoms with Crippen LogP contribution in [0.4, 0.5) is 0 Å². The Kier molecular flexibility index (Phi) is 3.41. The third kappa shape index (κ3) is 2.33. The molecule has 0 unspecified atom stereocenters. The van der Waals surface area contributed by atoms with Crippen LogP contribution in [-0.2, 0) is 6.54 Å². The first-order valence-electron chi connectivity index (χ1n) is 5.45. The lowest BCUT2D eigenvalue weighted by Gasteiger charge is -2.12. The fourth-order valence-electron chi connectivity index (χ4n) is 1.73. The van der Waals surface area contributed by atoms with Crippen molar-refractivity contribution in [3.63, 3.8) is 0 Å². The van der Waals surface area contributed by atoms with Crippen LogP contribution in [0.15, 0.2) is 17.5 Å². The molecule has 1 atom stereocenters. The van der Waals surface area contributed by atoms with Gasteiger partial charge in [-0.05, 0) is 32.2 Å². The summed E-state index contributed by atoms with van der Waals surface area (Å²) in [7, 11) is 0. The van der Waals surface area contributed by atoms with Crippen molar-refractivity contribution in [3.05, 3.63) is 39.3 Å². The molecule has 0 aliphatic heterocycles. The second-order valence-electron chi connectivity index (χ2n) is 4.03. The Labute approximate surface area is 99.9 Å². The van der Waals surface area contributed by atoms with Gasteiger partial charge in [-0.3, -0.25) is 5.10 Å². The highest BCUT2D eigenvalue weighted by Gasteiger charge is 2.09. The molecule has 2 aromatic rings. The third-order valence-corrected chi connectivity index (χ3v) is 3.89. The first-order valence-corrected chi connectivity index (χ1v) is 6.33. The lowest BCUT2D eigenvalue weighted by Crippen LogP contribution is -2.17. The zero-order valence-corrected chi connectivity index (χ0v) is 10.7. The highest BCUT2D eigenvalue weighted by molar-refractivity contribution is 7.10. The van der Waals surface area contributed by atoms with Crippen LogP contribution in [0.5, 0.6) is 0 Å². The van der Waals surface area contributed by atoms with Crippen molar-refractivity contribution in [2.45, 2.75) is 33.4 Å². The van der Waals surface area contributed by atoms with Gasteiger partial charge in [0.1, 0.15) is 0 Å². The molecule has 0 radical (unpaired) electrons. The normalized spacial score (nSPS) is 12.9. The van der Waals surface area contributed by atoms with Gasteiger partial charge in [0.2, 0.25) is 0 Å². The van der Waals surface area contributed by atoms with Crippen molar-refractivity contribution in [1.82, 2.24) is 15.5 Å². The van der Waals surface area contributed by atoms with Crippen LogP contribution in [0.25, 0.3) is 0 Å². The van der Waals surface area contributed by atoms with E-state index in [0.29, 0.717) is 6.04 Å². The minimum absolute atomic E-state index is 0.397. The molecule has 86 valence electrons. The fraction of sp³-hybridized carbons (Fsp3) is 0.417. The number of nitrogens with zero attached hydrogens (tertiary/aromatic N) is 1. The number of aromatic nitrogens is 2. The molecule has 4 heteroatoms. The zero-order valence-electron chi connectivity index (χ0n) is 9.87. The van der Waals surface area contributed by atoms with E-state index >= 15 is 0 Å². The number of aryl methyl sites for hydroxylation is 2. The highest BCUT2D eigenvalue weighted by atomic mass is 32.1. The summed E-state index contributed by atoms with van der Waals surface area (Å²) in [6.07, 6.45) is 0. The second kappa shape index (κ2) is 4.80. The first kappa shape index (κ1) is 11.4. The van der Waals surface area contributed by atoms with E-state index in [0.717, 1.165) is 17.9 Å². The van der Waals surface area contributed by atoms with E-state index in [1.165, 1.54) is 10.4 Å². The topological polar surface area (TPSA) is 40.7 Å². The molecule has 0 aromatic carbocycles. The molecule has 3 nitrogen and oxygen atoms in total. The van der Waals surface area contributed by atoms with Crippen molar-refractivity contribution in [2.24, 2.45) is 0 Å². The second-order valence-corrected chi connectivity index (χ2v) is 5.01. The maximum Gasteiger partial charge on any atom is 0.0638 e. The molecular weight excluding hydrogens is 218 g/mol. The zero-order chi connectivity index (χ0) is 11.5. The Morgan fingerprint density at radius 1 is 1.50 bits per heavy atom. The van der Waals surface area contributed by atoms with E-state index in [1.807, 2.05) is 6.92 Å². The quantitative estimate of drug-likeness (QED) is 0.855. The molecule has 0 amide bonds. The summed E-state index contributed by atoms with van der Waals surface area (Å²) in [6.45, 7) is 7.16. The van der Waals surface area contributed by atoms with Crippen LogP contribution in [0.2, 0.25) is 0 Å². The molecule has 2 aromatic heterocycles. The van der Waals surface area contributed by atoms with Crippen molar-refractivity contribution >= 4 is 11.3 Å². The number of hydrogen-bond donors (Lipinski definition) is 2. The molecule has 2 N–H and O–H groups in total. The van der Waals surface area contributed by atoms with E-state index in [-0.39, 0.29) is 0 Å². The van der Waals surface area contributed by atoms with Crippen molar-refractivity contribution in [1.29, 1.82) is 0 Å². The summed E-state index contributed by atoms with van der Waals surface area (Å²) < 4.78 is 0. The van der Waals surface area contributed by atoms with Crippen LogP contribution >= 0.6 is 11.3 Å². The van der Waals surface area contributed by atoms with E-state index in [2.05, 4.69) is 46.9 Å². The van der Waals surface area contributed by atoms with Crippen molar-refractivity contribution in [3.8, 4) is 0 Å². The molecule has 16 heavy (non-hydrogen) atoms. The summed E-state index contributed by atoms with van der Waals surface area (Å²) in [5.41, 5.74) is 3.52. The summed E-state index contributed by atoms with van der Waals surface area (Å²) in [5.74, 6) is 0. The Balaban J connectivity index is 1.98. The average molecular weight is 235 g/mol. The Morgan fingerprint density at radius 3 is 2.88 bits per heavy atom. The molecule has 0 bridgehead atoms. The van der Waals surface area contributed by atoms with E-state index < -0.39 is 0 Å². The minimum atomic E-state index is 0.397. The summed E-state index contributed by atoms with van der Waals surface area (Å²) >= 11 is 1.79. The minimum Gasteiger partial charge on any atom is -0.305 e. The Bertz CT molecular complexity index is 425. The molecular formula is C12H17N3S. The van der Waals surface area contributed by atoms with Crippen LogP contribution < -0.4 is 5.32 Å². The van der Waals surface area contributed by atoms with E-state index in [4.69, 9.17) is 0 Å². The molecule has 0 aliphatic rings. The predicted octanol–water partition coefficient (Wildman–Crippen LogP) is 2.94. The van der Waals surface area contributed by atoms with E-state index in [9.17, 15) is 0 Å². The summed E-state index contributed by atoms with van der Waals surface area (Å²) in [5, 5.41) is 12.8. The monoisotopic (exact) mass is 235 g/mol. The number of nitrogens with one attached hydrogen (secondary N) is 2. The van der Waals surface area contributed by atoms with Gasteiger partial charge in [0.25, 0.3) is 0 Å². The van der Waals surface area contributed by atoms with Gasteiger partial charge in [0.05, 0.1) is 5.69 Å². The molecule has 0 fully saturated rings. The van der Waals surface area contributed by atoms with Crippen LogP contribution in [0.3, 0.4) is 0 Å². The van der Waals surface area contributed by atoms with Gasteiger partial charge in [-0.15, -0.1) is 11.3 Å². The van der Waals surface area contributed by atoms with Gasteiger partial charge in [-0.1, -0.05) is 6.07 Å². The largest absolute Gasteiger partial charge is 0.305 e. The maximum atomic E-state index is 4.19. The number of H-pyrrole nitrogens is 1. The van der Waals surface area contributed by atoms with Crippen molar-refractivity contribution in [2.75, 3.05) is 0 Å². The number of thiophene rings is 1. The van der Waals surface area contributed by atoms with Gasteiger partial charge in [0.15, 0.2) is 0 Å². The summed E-state index contributed by atoms with van der Waals surface area (Å²) in [6, 6.07) is 4.65. The van der Waals surface area contributed by atoms with E-state index in [1.54, 1.807) is 11.3 Å². The molecule has 0 saturated carbocycles. The molecule has 2 heterocycles. The fourth-order valence-corrected chi connectivity index (χ4v) is 2.49.